The molecular weight excluding hydrogens is 242 g/mol. The Morgan fingerprint density at radius 3 is 2.68 bits per heavy atom. The molecular formula is C14H19N3O2. The maximum absolute atomic E-state index is 12.0. The van der Waals surface area contributed by atoms with Gasteiger partial charge in [-0.1, -0.05) is 12.1 Å². The Labute approximate surface area is 112 Å². The topological polar surface area (TPSA) is 70.2 Å². The molecule has 0 bridgehead atoms. The summed E-state index contributed by atoms with van der Waals surface area (Å²) in [6, 6.07) is 7.65. The van der Waals surface area contributed by atoms with Crippen LogP contribution in [0.5, 0.6) is 0 Å². The highest BCUT2D eigenvalue weighted by molar-refractivity contribution is 5.99. The first-order valence-corrected chi connectivity index (χ1v) is 6.55. The number of rotatable bonds is 6. The van der Waals surface area contributed by atoms with Crippen molar-refractivity contribution < 1.29 is 9.59 Å². The average molecular weight is 261 g/mol. The summed E-state index contributed by atoms with van der Waals surface area (Å²) in [6.45, 7) is 0.357. The quantitative estimate of drug-likeness (QED) is 0.719. The standard InChI is InChI=1S/C14H19N3O2/c1-15-12-5-3-2-4-11(12)14(19)16-9-8-13(18)17-10-6-7-10/h2-5,10,15H,6-9H2,1H3,(H,16,19)(H,17,18). The maximum Gasteiger partial charge on any atom is 0.253 e. The summed E-state index contributed by atoms with van der Waals surface area (Å²) in [5, 5.41) is 8.62. The summed E-state index contributed by atoms with van der Waals surface area (Å²) in [7, 11) is 1.77. The third-order valence-electron chi connectivity index (χ3n) is 3.02. The number of hydrogen-bond donors (Lipinski definition) is 3. The molecule has 0 radical (unpaired) electrons. The molecule has 0 aliphatic heterocycles. The molecule has 102 valence electrons. The van der Waals surface area contributed by atoms with Crippen molar-refractivity contribution in [1.29, 1.82) is 0 Å². The predicted octanol–water partition coefficient (Wildman–Crippen LogP) is 1.13. The van der Waals surface area contributed by atoms with E-state index in [0.29, 0.717) is 24.6 Å². The minimum absolute atomic E-state index is 0.00435. The zero-order chi connectivity index (χ0) is 13.7. The molecule has 0 saturated heterocycles. The molecule has 1 saturated carbocycles. The van der Waals surface area contributed by atoms with Gasteiger partial charge in [-0.05, 0) is 25.0 Å². The molecule has 0 spiro atoms. The van der Waals surface area contributed by atoms with Crippen LogP contribution in [0.25, 0.3) is 0 Å². The average Bonchev–Trinajstić information content (AvgIpc) is 3.22. The molecule has 1 aromatic carbocycles. The van der Waals surface area contributed by atoms with Crippen molar-refractivity contribution in [2.75, 3.05) is 18.9 Å². The van der Waals surface area contributed by atoms with Gasteiger partial charge in [0.1, 0.15) is 0 Å². The van der Waals surface area contributed by atoms with Crippen molar-refractivity contribution in [3.05, 3.63) is 29.8 Å². The van der Waals surface area contributed by atoms with Crippen molar-refractivity contribution in [2.45, 2.75) is 25.3 Å². The summed E-state index contributed by atoms with van der Waals surface area (Å²) >= 11 is 0. The van der Waals surface area contributed by atoms with Crippen LogP contribution in [0.2, 0.25) is 0 Å². The van der Waals surface area contributed by atoms with E-state index in [0.717, 1.165) is 18.5 Å². The molecule has 0 unspecified atom stereocenters. The number of benzene rings is 1. The Bertz CT molecular complexity index is 470. The van der Waals surface area contributed by atoms with Gasteiger partial charge in [-0.15, -0.1) is 0 Å². The Morgan fingerprint density at radius 1 is 1.26 bits per heavy atom. The summed E-state index contributed by atoms with van der Waals surface area (Å²) in [5.74, 6) is -0.158. The number of carbonyl (C=O) groups excluding carboxylic acids is 2. The van der Waals surface area contributed by atoms with E-state index >= 15 is 0 Å². The van der Waals surface area contributed by atoms with Crippen molar-refractivity contribution >= 4 is 17.5 Å². The van der Waals surface area contributed by atoms with E-state index in [1.807, 2.05) is 18.2 Å². The molecule has 5 heteroatoms. The molecule has 5 nitrogen and oxygen atoms in total. The Kier molecular flexibility index (Phi) is 4.39. The second-order valence-corrected chi connectivity index (χ2v) is 4.64. The van der Waals surface area contributed by atoms with Crippen LogP contribution in [-0.4, -0.2) is 31.4 Å². The maximum atomic E-state index is 12.0. The molecule has 0 aromatic heterocycles. The van der Waals surface area contributed by atoms with E-state index in [-0.39, 0.29) is 11.8 Å². The fraction of sp³-hybridized carbons (Fsp3) is 0.429. The number of hydrogen-bond acceptors (Lipinski definition) is 3. The fourth-order valence-electron chi connectivity index (χ4n) is 1.81. The van der Waals surface area contributed by atoms with Crippen LogP contribution in [0.1, 0.15) is 29.6 Å². The molecule has 0 heterocycles. The van der Waals surface area contributed by atoms with Crippen LogP contribution >= 0.6 is 0 Å². The lowest BCUT2D eigenvalue weighted by molar-refractivity contribution is -0.121. The predicted molar refractivity (Wildman–Crippen MR) is 74.1 cm³/mol. The van der Waals surface area contributed by atoms with Gasteiger partial charge >= 0.3 is 0 Å². The van der Waals surface area contributed by atoms with Crippen LogP contribution in [-0.2, 0) is 4.79 Å². The van der Waals surface area contributed by atoms with Gasteiger partial charge in [-0.3, -0.25) is 9.59 Å². The number of anilines is 1. The summed E-state index contributed by atoms with van der Waals surface area (Å²) < 4.78 is 0. The Hall–Kier alpha value is -2.04. The van der Waals surface area contributed by atoms with Gasteiger partial charge in [-0.25, -0.2) is 0 Å². The van der Waals surface area contributed by atoms with Gasteiger partial charge in [0.25, 0.3) is 5.91 Å². The molecule has 1 aromatic rings. The number of carbonyl (C=O) groups is 2. The smallest absolute Gasteiger partial charge is 0.253 e. The van der Waals surface area contributed by atoms with Gasteiger partial charge in [0.2, 0.25) is 5.91 Å². The van der Waals surface area contributed by atoms with E-state index in [9.17, 15) is 9.59 Å². The first-order valence-electron chi connectivity index (χ1n) is 6.55. The lowest BCUT2D eigenvalue weighted by Gasteiger charge is -2.09. The third-order valence-corrected chi connectivity index (χ3v) is 3.02. The van der Waals surface area contributed by atoms with Crippen molar-refractivity contribution in [1.82, 2.24) is 10.6 Å². The number of nitrogens with one attached hydrogen (secondary N) is 3. The SMILES string of the molecule is CNc1ccccc1C(=O)NCCC(=O)NC1CC1. The second kappa shape index (κ2) is 6.22. The zero-order valence-corrected chi connectivity index (χ0v) is 11.0. The normalized spacial score (nSPS) is 13.7. The minimum Gasteiger partial charge on any atom is -0.387 e. The highest BCUT2D eigenvalue weighted by Crippen LogP contribution is 2.18. The monoisotopic (exact) mass is 261 g/mol. The van der Waals surface area contributed by atoms with Gasteiger partial charge in [0.15, 0.2) is 0 Å². The van der Waals surface area contributed by atoms with Gasteiger partial charge in [0, 0.05) is 31.7 Å². The van der Waals surface area contributed by atoms with E-state index in [2.05, 4.69) is 16.0 Å². The Balaban J connectivity index is 1.78. The minimum atomic E-state index is -0.163. The fourth-order valence-corrected chi connectivity index (χ4v) is 1.81. The largest absolute Gasteiger partial charge is 0.387 e. The van der Waals surface area contributed by atoms with E-state index < -0.39 is 0 Å². The lowest BCUT2D eigenvalue weighted by Crippen LogP contribution is -2.31. The summed E-state index contributed by atoms with van der Waals surface area (Å²) in [5.41, 5.74) is 1.37. The van der Waals surface area contributed by atoms with E-state index in [4.69, 9.17) is 0 Å². The lowest BCUT2D eigenvalue weighted by atomic mass is 10.1. The molecule has 2 amide bonds. The van der Waals surface area contributed by atoms with E-state index in [1.54, 1.807) is 13.1 Å². The molecule has 0 atom stereocenters. The van der Waals surface area contributed by atoms with Crippen LogP contribution in [0, 0.1) is 0 Å². The van der Waals surface area contributed by atoms with Crippen molar-refractivity contribution in [3.8, 4) is 0 Å². The Morgan fingerprint density at radius 2 is 2.00 bits per heavy atom. The summed E-state index contributed by atoms with van der Waals surface area (Å²) in [6.07, 6.45) is 2.48. The zero-order valence-electron chi connectivity index (χ0n) is 11.0. The number of amides is 2. The molecule has 1 aliphatic carbocycles. The van der Waals surface area contributed by atoms with E-state index in [1.165, 1.54) is 0 Å². The van der Waals surface area contributed by atoms with Gasteiger partial charge in [-0.2, -0.15) is 0 Å². The molecule has 2 rings (SSSR count). The highest BCUT2D eigenvalue weighted by atomic mass is 16.2. The number of para-hydroxylation sites is 1. The third kappa shape index (κ3) is 3.98. The summed E-state index contributed by atoms with van der Waals surface area (Å²) in [4.78, 5) is 23.4. The van der Waals surface area contributed by atoms with Crippen LogP contribution in [0.4, 0.5) is 5.69 Å². The van der Waals surface area contributed by atoms with Crippen LogP contribution in [0.3, 0.4) is 0 Å². The molecule has 19 heavy (non-hydrogen) atoms. The van der Waals surface area contributed by atoms with Crippen LogP contribution in [0.15, 0.2) is 24.3 Å². The van der Waals surface area contributed by atoms with Gasteiger partial charge in [0.05, 0.1) is 5.56 Å². The van der Waals surface area contributed by atoms with Gasteiger partial charge < -0.3 is 16.0 Å². The van der Waals surface area contributed by atoms with Crippen LogP contribution < -0.4 is 16.0 Å². The second-order valence-electron chi connectivity index (χ2n) is 4.64. The molecule has 1 aliphatic rings. The molecule has 1 fully saturated rings. The first kappa shape index (κ1) is 13.4. The van der Waals surface area contributed by atoms with Crippen molar-refractivity contribution in [3.63, 3.8) is 0 Å². The molecule has 3 N–H and O–H groups in total. The highest BCUT2D eigenvalue weighted by Gasteiger charge is 2.22. The first-order chi connectivity index (χ1) is 9.20. The van der Waals surface area contributed by atoms with Crippen molar-refractivity contribution in [2.24, 2.45) is 0 Å².